The van der Waals surface area contributed by atoms with Crippen molar-refractivity contribution in [2.24, 2.45) is 5.41 Å². The number of hydrogen-bond acceptors (Lipinski definition) is 5. The molecule has 8 heteroatoms. The number of aromatic nitrogens is 2. The molecule has 0 radical (unpaired) electrons. The second-order valence-corrected chi connectivity index (χ2v) is 11.3. The fourth-order valence-electron chi connectivity index (χ4n) is 3.51. The van der Waals surface area contributed by atoms with Gasteiger partial charge in [0.05, 0.1) is 35.0 Å². The molecular weight excluding hydrogens is 426 g/mol. The van der Waals surface area contributed by atoms with Crippen LogP contribution in [0.25, 0.3) is 5.69 Å². The number of sulfone groups is 1. The number of carbonyl (C=O) groups excluding carboxylic acids is 1. The fraction of sp³-hybridized carbons (Fsp3) is 0.333. The minimum absolute atomic E-state index is 0.0927. The standard InChI is InChI=1S/C24H27N3O4S/c1-24(2,3)16-31-22-11-10-19(32(4,29)30)12-20(22)23(28)26-13-17-14-27(25-21(17)15-26)18-8-6-5-7-9-18/h5-12,14H,13,15-16H2,1-4H3. The molecule has 0 aliphatic carbocycles. The molecule has 4 rings (SSSR count). The first kappa shape index (κ1) is 22.1. The summed E-state index contributed by atoms with van der Waals surface area (Å²) in [7, 11) is -3.46. The van der Waals surface area contributed by atoms with Crippen molar-refractivity contribution >= 4 is 15.7 Å². The Morgan fingerprint density at radius 1 is 1.09 bits per heavy atom. The van der Waals surface area contributed by atoms with Crippen LogP contribution in [0.5, 0.6) is 5.75 Å². The van der Waals surface area contributed by atoms with Gasteiger partial charge < -0.3 is 9.64 Å². The van der Waals surface area contributed by atoms with Crippen molar-refractivity contribution < 1.29 is 17.9 Å². The summed E-state index contributed by atoms with van der Waals surface area (Å²) in [6.45, 7) is 7.26. The monoisotopic (exact) mass is 453 g/mol. The first-order valence-electron chi connectivity index (χ1n) is 10.4. The van der Waals surface area contributed by atoms with Crippen molar-refractivity contribution in [1.29, 1.82) is 0 Å². The molecule has 2 heterocycles. The van der Waals surface area contributed by atoms with Crippen molar-refractivity contribution in [3.63, 3.8) is 0 Å². The van der Waals surface area contributed by atoms with Crippen molar-refractivity contribution in [2.75, 3.05) is 12.9 Å². The van der Waals surface area contributed by atoms with Crippen molar-refractivity contribution in [3.05, 3.63) is 71.5 Å². The number of hydrogen-bond donors (Lipinski definition) is 0. The van der Waals surface area contributed by atoms with E-state index in [1.165, 1.54) is 12.1 Å². The first-order valence-corrected chi connectivity index (χ1v) is 12.3. The molecule has 2 aromatic carbocycles. The van der Waals surface area contributed by atoms with E-state index in [0.29, 0.717) is 25.4 Å². The maximum atomic E-state index is 13.4. The molecule has 1 amide bonds. The van der Waals surface area contributed by atoms with Gasteiger partial charge in [-0.2, -0.15) is 5.10 Å². The van der Waals surface area contributed by atoms with Crippen LogP contribution in [0.2, 0.25) is 0 Å². The van der Waals surface area contributed by atoms with Gasteiger partial charge in [-0.05, 0) is 35.7 Å². The molecule has 1 aromatic heterocycles. The van der Waals surface area contributed by atoms with Crippen molar-refractivity contribution in [3.8, 4) is 11.4 Å². The summed E-state index contributed by atoms with van der Waals surface area (Å²) >= 11 is 0. The van der Waals surface area contributed by atoms with Crippen LogP contribution in [0.3, 0.4) is 0 Å². The molecule has 0 atom stereocenters. The molecule has 0 fully saturated rings. The topological polar surface area (TPSA) is 81.5 Å². The second-order valence-electron chi connectivity index (χ2n) is 9.32. The Hall–Kier alpha value is -3.13. The van der Waals surface area contributed by atoms with Gasteiger partial charge in [-0.3, -0.25) is 4.79 Å². The number of fused-ring (bicyclic) bond motifs is 1. The van der Waals surface area contributed by atoms with Crippen LogP contribution in [0.15, 0.2) is 59.6 Å². The number of ether oxygens (including phenoxy) is 1. The maximum Gasteiger partial charge on any atom is 0.258 e. The van der Waals surface area contributed by atoms with Crippen molar-refractivity contribution in [1.82, 2.24) is 14.7 Å². The number of nitrogens with zero attached hydrogens (tertiary/aromatic N) is 3. The smallest absolute Gasteiger partial charge is 0.258 e. The van der Waals surface area contributed by atoms with Gasteiger partial charge >= 0.3 is 0 Å². The molecule has 168 valence electrons. The Kier molecular flexibility index (Phi) is 5.58. The lowest BCUT2D eigenvalue weighted by Crippen LogP contribution is -2.27. The van der Waals surface area contributed by atoms with E-state index in [2.05, 4.69) is 5.10 Å². The van der Waals surface area contributed by atoms with Crippen LogP contribution < -0.4 is 4.74 Å². The number of benzene rings is 2. The van der Waals surface area contributed by atoms with Gasteiger partial charge in [-0.15, -0.1) is 0 Å². The summed E-state index contributed by atoms with van der Waals surface area (Å²) in [5, 5.41) is 4.63. The van der Waals surface area contributed by atoms with Gasteiger partial charge in [0.2, 0.25) is 0 Å². The molecular formula is C24H27N3O4S. The third-order valence-electron chi connectivity index (χ3n) is 5.16. The molecule has 3 aromatic rings. The molecule has 1 aliphatic rings. The highest BCUT2D eigenvalue weighted by Crippen LogP contribution is 2.30. The normalized spacial score (nSPS) is 13.8. The summed E-state index contributed by atoms with van der Waals surface area (Å²) in [5.74, 6) is 0.111. The van der Waals surface area contributed by atoms with Crippen LogP contribution in [-0.4, -0.2) is 41.9 Å². The number of rotatable bonds is 5. The molecule has 0 saturated heterocycles. The van der Waals surface area contributed by atoms with E-state index >= 15 is 0 Å². The lowest BCUT2D eigenvalue weighted by Gasteiger charge is -2.22. The first-order chi connectivity index (χ1) is 15.0. The molecule has 0 unspecified atom stereocenters. The van der Waals surface area contributed by atoms with Crippen LogP contribution in [-0.2, 0) is 22.9 Å². The summed E-state index contributed by atoms with van der Waals surface area (Å²) < 4.78 is 31.9. The summed E-state index contributed by atoms with van der Waals surface area (Å²) in [5.41, 5.74) is 2.90. The number of amides is 1. The third-order valence-corrected chi connectivity index (χ3v) is 6.27. The summed E-state index contributed by atoms with van der Waals surface area (Å²) in [6, 6.07) is 14.3. The lowest BCUT2D eigenvalue weighted by molar-refractivity contribution is 0.0741. The van der Waals surface area contributed by atoms with Gasteiger partial charge in [0, 0.05) is 24.6 Å². The van der Waals surface area contributed by atoms with Crippen LogP contribution in [0.1, 0.15) is 42.4 Å². The third kappa shape index (κ3) is 4.70. The molecule has 1 aliphatic heterocycles. The van der Waals surface area contributed by atoms with E-state index in [4.69, 9.17) is 4.74 Å². The van der Waals surface area contributed by atoms with Gasteiger partial charge in [-0.1, -0.05) is 39.0 Å². The Morgan fingerprint density at radius 2 is 1.81 bits per heavy atom. The highest BCUT2D eigenvalue weighted by atomic mass is 32.2. The zero-order valence-electron chi connectivity index (χ0n) is 18.7. The second kappa shape index (κ2) is 8.09. The molecule has 0 N–H and O–H groups in total. The maximum absolute atomic E-state index is 13.4. The fourth-order valence-corrected chi connectivity index (χ4v) is 4.15. The predicted octanol–water partition coefficient (Wildman–Crippen LogP) is 3.86. The number of carbonyl (C=O) groups is 1. The van der Waals surface area contributed by atoms with Gasteiger partial charge in [-0.25, -0.2) is 13.1 Å². The quantitative estimate of drug-likeness (QED) is 0.586. The number of para-hydroxylation sites is 1. The Balaban J connectivity index is 1.60. The highest BCUT2D eigenvalue weighted by Gasteiger charge is 2.30. The Morgan fingerprint density at radius 3 is 2.44 bits per heavy atom. The molecule has 0 spiro atoms. The van der Waals surface area contributed by atoms with Gasteiger partial charge in [0.15, 0.2) is 9.84 Å². The van der Waals surface area contributed by atoms with Crippen LogP contribution in [0.4, 0.5) is 0 Å². The van der Waals surface area contributed by atoms with E-state index in [9.17, 15) is 13.2 Å². The van der Waals surface area contributed by atoms with E-state index in [-0.39, 0.29) is 21.8 Å². The average Bonchev–Trinajstić information content (AvgIpc) is 3.30. The zero-order chi connectivity index (χ0) is 23.1. The predicted molar refractivity (Wildman–Crippen MR) is 122 cm³/mol. The summed E-state index contributed by atoms with van der Waals surface area (Å²) in [4.78, 5) is 15.2. The van der Waals surface area contributed by atoms with Gasteiger partial charge in [0.25, 0.3) is 5.91 Å². The van der Waals surface area contributed by atoms with Crippen LogP contribution in [0, 0.1) is 5.41 Å². The minimum Gasteiger partial charge on any atom is -0.492 e. The van der Waals surface area contributed by atoms with E-state index in [0.717, 1.165) is 23.2 Å². The minimum atomic E-state index is -3.46. The van der Waals surface area contributed by atoms with Gasteiger partial charge in [0.1, 0.15) is 5.75 Å². The zero-order valence-corrected chi connectivity index (χ0v) is 19.5. The molecule has 32 heavy (non-hydrogen) atoms. The Bertz CT molecular complexity index is 1230. The van der Waals surface area contributed by atoms with Crippen LogP contribution >= 0.6 is 0 Å². The largest absolute Gasteiger partial charge is 0.492 e. The Labute approximate surface area is 188 Å². The van der Waals surface area contributed by atoms with Crippen molar-refractivity contribution in [2.45, 2.75) is 38.8 Å². The molecule has 0 bridgehead atoms. The summed E-state index contributed by atoms with van der Waals surface area (Å²) in [6.07, 6.45) is 3.06. The highest BCUT2D eigenvalue weighted by molar-refractivity contribution is 7.90. The van der Waals surface area contributed by atoms with E-state index in [1.54, 1.807) is 11.0 Å². The SMILES string of the molecule is CC(C)(C)COc1ccc(S(C)(=O)=O)cc1C(=O)N1Cc2cn(-c3ccccc3)nc2C1. The molecule has 0 saturated carbocycles. The van der Waals surface area contributed by atoms with E-state index in [1.807, 2.05) is 62.0 Å². The molecule has 7 nitrogen and oxygen atoms in total. The average molecular weight is 454 g/mol. The van der Waals surface area contributed by atoms with E-state index < -0.39 is 9.84 Å². The lowest BCUT2D eigenvalue weighted by atomic mass is 9.98.